The van der Waals surface area contributed by atoms with Crippen molar-refractivity contribution >= 4 is 11.5 Å². The van der Waals surface area contributed by atoms with Gasteiger partial charge in [-0.2, -0.15) is 0 Å². The SMILES string of the molecule is NCC(=O)c1ccc(N2CCC(Cc3ccccc3)CC2)cc1. The molecule has 2 N–H and O–H groups in total. The second kappa shape index (κ2) is 7.42. The van der Waals surface area contributed by atoms with Gasteiger partial charge in [0.1, 0.15) is 0 Å². The summed E-state index contributed by atoms with van der Waals surface area (Å²) < 4.78 is 0. The molecule has 3 rings (SSSR count). The molecule has 0 amide bonds. The Morgan fingerprint density at radius 2 is 1.65 bits per heavy atom. The van der Waals surface area contributed by atoms with Crippen LogP contribution in [0.25, 0.3) is 0 Å². The molecule has 1 fully saturated rings. The highest BCUT2D eigenvalue weighted by Crippen LogP contribution is 2.26. The number of carbonyl (C=O) groups excluding carboxylic acids is 1. The van der Waals surface area contributed by atoms with Gasteiger partial charge in [-0.15, -0.1) is 0 Å². The lowest BCUT2D eigenvalue weighted by molar-refractivity contribution is 0.100. The van der Waals surface area contributed by atoms with E-state index in [1.54, 1.807) is 0 Å². The van der Waals surface area contributed by atoms with Crippen LogP contribution >= 0.6 is 0 Å². The van der Waals surface area contributed by atoms with Crippen molar-refractivity contribution < 1.29 is 4.79 Å². The van der Waals surface area contributed by atoms with Crippen molar-refractivity contribution in [3.8, 4) is 0 Å². The second-order valence-electron chi connectivity index (χ2n) is 6.29. The highest BCUT2D eigenvalue weighted by atomic mass is 16.1. The van der Waals surface area contributed by atoms with E-state index in [0.717, 1.165) is 19.0 Å². The molecule has 0 bridgehead atoms. The molecule has 0 spiro atoms. The Hall–Kier alpha value is -2.13. The third kappa shape index (κ3) is 3.99. The first-order chi connectivity index (χ1) is 11.3. The average molecular weight is 308 g/mol. The van der Waals surface area contributed by atoms with Crippen LogP contribution in [0.5, 0.6) is 0 Å². The van der Waals surface area contributed by atoms with Crippen LogP contribution in [-0.4, -0.2) is 25.4 Å². The van der Waals surface area contributed by atoms with Gasteiger partial charge in [-0.25, -0.2) is 0 Å². The first kappa shape index (κ1) is 15.8. The van der Waals surface area contributed by atoms with Gasteiger partial charge in [0.25, 0.3) is 0 Å². The molecule has 3 nitrogen and oxygen atoms in total. The lowest BCUT2D eigenvalue weighted by Crippen LogP contribution is -2.34. The topological polar surface area (TPSA) is 46.3 Å². The predicted molar refractivity (Wildman–Crippen MR) is 94.9 cm³/mol. The number of nitrogens with zero attached hydrogens (tertiary/aromatic N) is 1. The van der Waals surface area contributed by atoms with E-state index in [0.29, 0.717) is 5.56 Å². The van der Waals surface area contributed by atoms with E-state index in [1.807, 2.05) is 24.3 Å². The molecule has 0 saturated carbocycles. The standard InChI is InChI=1S/C20H24N2O/c21-15-20(23)18-6-8-19(9-7-18)22-12-10-17(11-13-22)14-16-4-2-1-3-5-16/h1-9,17H,10-15,21H2. The highest BCUT2D eigenvalue weighted by Gasteiger charge is 2.19. The molecule has 1 aliphatic heterocycles. The smallest absolute Gasteiger partial charge is 0.176 e. The molecule has 0 aliphatic carbocycles. The first-order valence-electron chi connectivity index (χ1n) is 8.38. The van der Waals surface area contributed by atoms with Gasteiger partial charge in [0, 0.05) is 24.3 Å². The molecule has 120 valence electrons. The summed E-state index contributed by atoms with van der Waals surface area (Å²) in [5.41, 5.74) is 8.75. The Morgan fingerprint density at radius 1 is 1.00 bits per heavy atom. The maximum atomic E-state index is 11.6. The number of piperidine rings is 1. The fourth-order valence-corrected chi connectivity index (χ4v) is 3.32. The van der Waals surface area contributed by atoms with Crippen molar-refractivity contribution in [2.45, 2.75) is 19.3 Å². The summed E-state index contributed by atoms with van der Waals surface area (Å²) >= 11 is 0. The summed E-state index contributed by atoms with van der Waals surface area (Å²) in [6.07, 6.45) is 3.62. The molecule has 3 heteroatoms. The minimum Gasteiger partial charge on any atom is -0.372 e. The van der Waals surface area contributed by atoms with E-state index < -0.39 is 0 Å². The average Bonchev–Trinajstić information content (AvgIpc) is 2.63. The van der Waals surface area contributed by atoms with E-state index in [-0.39, 0.29) is 12.3 Å². The zero-order valence-electron chi connectivity index (χ0n) is 13.4. The Balaban J connectivity index is 1.55. The lowest BCUT2D eigenvalue weighted by atomic mass is 9.90. The minimum atomic E-state index is -0.00174. The van der Waals surface area contributed by atoms with Crippen LogP contribution in [-0.2, 0) is 6.42 Å². The molecular weight excluding hydrogens is 284 g/mol. The number of Topliss-reactive ketones (excluding diaryl/α,β-unsaturated/α-hetero) is 1. The highest BCUT2D eigenvalue weighted by molar-refractivity contribution is 5.97. The van der Waals surface area contributed by atoms with Gasteiger partial charge in [-0.3, -0.25) is 4.79 Å². The summed E-state index contributed by atoms with van der Waals surface area (Å²) in [6.45, 7) is 2.24. The molecule has 2 aromatic rings. The molecule has 23 heavy (non-hydrogen) atoms. The zero-order valence-corrected chi connectivity index (χ0v) is 13.4. The Bertz CT molecular complexity index is 628. The summed E-state index contributed by atoms with van der Waals surface area (Å²) in [5.74, 6) is 0.768. The van der Waals surface area contributed by atoms with Crippen molar-refractivity contribution in [1.29, 1.82) is 0 Å². The van der Waals surface area contributed by atoms with Gasteiger partial charge < -0.3 is 10.6 Å². The fraction of sp³-hybridized carbons (Fsp3) is 0.350. The van der Waals surface area contributed by atoms with Gasteiger partial charge in [-0.1, -0.05) is 30.3 Å². The van der Waals surface area contributed by atoms with Crippen molar-refractivity contribution in [3.63, 3.8) is 0 Å². The van der Waals surface area contributed by atoms with Gasteiger partial charge >= 0.3 is 0 Å². The first-order valence-corrected chi connectivity index (χ1v) is 8.38. The number of carbonyl (C=O) groups is 1. The number of ketones is 1. The number of nitrogens with two attached hydrogens (primary N) is 1. The van der Waals surface area contributed by atoms with Gasteiger partial charge in [0.15, 0.2) is 5.78 Å². The number of hydrogen-bond donors (Lipinski definition) is 1. The zero-order chi connectivity index (χ0) is 16.1. The molecule has 0 unspecified atom stereocenters. The molecule has 0 atom stereocenters. The van der Waals surface area contributed by atoms with Crippen molar-refractivity contribution in [2.75, 3.05) is 24.5 Å². The minimum absolute atomic E-state index is 0.00174. The van der Waals surface area contributed by atoms with Crippen LogP contribution in [0.15, 0.2) is 54.6 Å². The molecule has 0 radical (unpaired) electrons. The Morgan fingerprint density at radius 3 is 2.26 bits per heavy atom. The molecule has 1 aliphatic rings. The second-order valence-corrected chi connectivity index (χ2v) is 6.29. The van der Waals surface area contributed by atoms with Crippen molar-refractivity contribution in [1.82, 2.24) is 0 Å². The maximum absolute atomic E-state index is 11.6. The van der Waals surface area contributed by atoms with E-state index in [2.05, 4.69) is 35.2 Å². The van der Waals surface area contributed by atoms with Crippen LogP contribution in [0.2, 0.25) is 0 Å². The monoisotopic (exact) mass is 308 g/mol. The summed E-state index contributed by atoms with van der Waals surface area (Å²) in [4.78, 5) is 14.0. The third-order valence-corrected chi connectivity index (χ3v) is 4.72. The van der Waals surface area contributed by atoms with Gasteiger partial charge in [0.2, 0.25) is 0 Å². The molecule has 0 aromatic heterocycles. The van der Waals surface area contributed by atoms with Crippen LogP contribution in [0.1, 0.15) is 28.8 Å². The largest absolute Gasteiger partial charge is 0.372 e. The van der Waals surface area contributed by atoms with E-state index >= 15 is 0 Å². The number of benzene rings is 2. The lowest BCUT2D eigenvalue weighted by Gasteiger charge is -2.33. The van der Waals surface area contributed by atoms with Gasteiger partial charge in [0.05, 0.1) is 6.54 Å². The number of rotatable bonds is 5. The Kier molecular flexibility index (Phi) is 5.09. The predicted octanol–water partition coefficient (Wildman–Crippen LogP) is 3.29. The third-order valence-electron chi connectivity index (χ3n) is 4.72. The van der Waals surface area contributed by atoms with E-state index in [1.165, 1.54) is 30.5 Å². The molecule has 1 saturated heterocycles. The van der Waals surface area contributed by atoms with E-state index in [4.69, 9.17) is 5.73 Å². The molecule has 1 heterocycles. The number of anilines is 1. The van der Waals surface area contributed by atoms with Gasteiger partial charge in [-0.05, 0) is 55.0 Å². The quantitative estimate of drug-likeness (QED) is 0.862. The molecular formula is C20H24N2O. The number of hydrogen-bond acceptors (Lipinski definition) is 3. The summed E-state index contributed by atoms with van der Waals surface area (Å²) in [7, 11) is 0. The van der Waals surface area contributed by atoms with Crippen LogP contribution < -0.4 is 10.6 Å². The fourth-order valence-electron chi connectivity index (χ4n) is 3.32. The summed E-state index contributed by atoms with van der Waals surface area (Å²) in [5, 5.41) is 0. The summed E-state index contributed by atoms with van der Waals surface area (Å²) in [6, 6.07) is 18.6. The Labute approximate surface area is 138 Å². The molecule has 2 aromatic carbocycles. The maximum Gasteiger partial charge on any atom is 0.176 e. The van der Waals surface area contributed by atoms with Crippen molar-refractivity contribution in [3.05, 3.63) is 65.7 Å². The van der Waals surface area contributed by atoms with Crippen LogP contribution in [0, 0.1) is 5.92 Å². The normalized spacial score (nSPS) is 15.6. The van der Waals surface area contributed by atoms with Crippen molar-refractivity contribution in [2.24, 2.45) is 11.7 Å². The van der Waals surface area contributed by atoms with Crippen LogP contribution in [0.3, 0.4) is 0 Å². The van der Waals surface area contributed by atoms with Crippen LogP contribution in [0.4, 0.5) is 5.69 Å². The van der Waals surface area contributed by atoms with E-state index in [9.17, 15) is 4.79 Å².